The second-order valence-corrected chi connectivity index (χ2v) is 10.9. The Morgan fingerprint density at radius 2 is 1.62 bits per heavy atom. The molecular formula is C31H25F9N4O3. The van der Waals surface area contributed by atoms with Crippen LogP contribution in [-0.4, -0.2) is 56.6 Å². The average molecular weight is 673 g/mol. The number of nitrogens with zero attached hydrogens (tertiary/aromatic N) is 4. The fourth-order valence-electron chi connectivity index (χ4n) is 5.39. The Bertz CT molecular complexity index is 1730. The smallest absolute Gasteiger partial charge is 0.434 e. The maximum atomic E-state index is 14.1. The number of ether oxygens (including phenoxy) is 1. The first-order chi connectivity index (χ1) is 22.0. The molecule has 5 rings (SSSR count). The SMILES string of the molecule is O=C(O)c1cnn(-c2cccc(-c3cccc(C(F)(F)F)c3OCc3ccc([C@H]4CCN(CCC(F)(F)F)C4)cc3)n2)c1C(F)(F)F. The highest BCUT2D eigenvalue weighted by molar-refractivity contribution is 5.89. The van der Waals surface area contributed by atoms with E-state index in [-0.39, 0.29) is 35.0 Å². The molecule has 2 aromatic carbocycles. The van der Waals surface area contributed by atoms with Crippen molar-refractivity contribution in [2.75, 3.05) is 19.6 Å². The summed E-state index contributed by atoms with van der Waals surface area (Å²) in [5.41, 5.74) is -2.96. The maximum absolute atomic E-state index is 14.1. The number of likely N-dealkylation sites (tertiary alicyclic amines) is 1. The molecule has 250 valence electrons. The summed E-state index contributed by atoms with van der Waals surface area (Å²) in [5, 5.41) is 12.7. The maximum Gasteiger partial charge on any atom is 0.434 e. The second-order valence-electron chi connectivity index (χ2n) is 10.9. The van der Waals surface area contributed by atoms with E-state index in [2.05, 4.69) is 10.1 Å². The van der Waals surface area contributed by atoms with Gasteiger partial charge in [-0.25, -0.2) is 14.5 Å². The van der Waals surface area contributed by atoms with Crippen LogP contribution in [0.5, 0.6) is 5.75 Å². The number of halogens is 9. The van der Waals surface area contributed by atoms with Gasteiger partial charge in [0.15, 0.2) is 11.5 Å². The molecule has 1 aliphatic rings. The molecule has 0 aliphatic carbocycles. The number of para-hydroxylation sites is 1. The molecule has 0 unspecified atom stereocenters. The van der Waals surface area contributed by atoms with E-state index in [0.29, 0.717) is 31.3 Å². The first kappa shape index (κ1) is 33.8. The van der Waals surface area contributed by atoms with Crippen molar-refractivity contribution in [1.29, 1.82) is 0 Å². The molecule has 1 saturated heterocycles. The van der Waals surface area contributed by atoms with Gasteiger partial charge in [-0.05, 0) is 54.3 Å². The van der Waals surface area contributed by atoms with Crippen LogP contribution in [0, 0.1) is 0 Å². The molecule has 1 atom stereocenters. The lowest BCUT2D eigenvalue weighted by Crippen LogP contribution is -2.26. The fraction of sp³-hybridized carbons (Fsp3) is 0.323. The van der Waals surface area contributed by atoms with Crippen LogP contribution in [-0.2, 0) is 19.0 Å². The summed E-state index contributed by atoms with van der Waals surface area (Å²) in [5.74, 6) is -3.02. The van der Waals surface area contributed by atoms with Crippen LogP contribution in [0.4, 0.5) is 39.5 Å². The molecule has 16 heteroatoms. The van der Waals surface area contributed by atoms with Crippen molar-refractivity contribution >= 4 is 5.97 Å². The van der Waals surface area contributed by atoms with E-state index in [1.54, 1.807) is 29.2 Å². The molecule has 2 aromatic heterocycles. The molecule has 0 bridgehead atoms. The van der Waals surface area contributed by atoms with E-state index in [4.69, 9.17) is 4.74 Å². The zero-order valence-electron chi connectivity index (χ0n) is 24.1. The average Bonchev–Trinajstić information content (AvgIpc) is 3.67. The van der Waals surface area contributed by atoms with Gasteiger partial charge in [0.1, 0.15) is 17.9 Å². The van der Waals surface area contributed by atoms with E-state index in [1.165, 1.54) is 18.2 Å². The number of carbonyl (C=O) groups is 1. The van der Waals surface area contributed by atoms with Gasteiger partial charge < -0.3 is 14.7 Å². The molecule has 7 nitrogen and oxygen atoms in total. The van der Waals surface area contributed by atoms with Crippen LogP contribution in [0.25, 0.3) is 17.1 Å². The van der Waals surface area contributed by atoms with Crippen LogP contribution in [0.3, 0.4) is 0 Å². The van der Waals surface area contributed by atoms with E-state index in [1.807, 2.05) is 0 Å². The Morgan fingerprint density at radius 1 is 0.915 bits per heavy atom. The van der Waals surface area contributed by atoms with Crippen LogP contribution >= 0.6 is 0 Å². The summed E-state index contributed by atoms with van der Waals surface area (Å²) in [6.45, 7) is 0.526. The van der Waals surface area contributed by atoms with Crippen molar-refractivity contribution in [3.8, 4) is 22.8 Å². The largest absolute Gasteiger partial charge is 0.488 e. The topological polar surface area (TPSA) is 80.5 Å². The zero-order valence-corrected chi connectivity index (χ0v) is 24.1. The van der Waals surface area contributed by atoms with Gasteiger partial charge >= 0.3 is 24.5 Å². The Kier molecular flexibility index (Phi) is 9.26. The standard InChI is InChI=1S/C31H25F9N4O3/c32-29(33,34)12-14-43-13-11-20(16-43)19-9-7-18(8-10-19)17-47-26-21(3-1-4-23(26)30(35,36)37)24-5-2-6-25(42-24)44-27(31(38,39)40)22(15-41-44)28(45)46/h1-10,15,20H,11-14,16-17H2,(H,45,46)/t20-/m0/s1. The van der Waals surface area contributed by atoms with Crippen LogP contribution in [0.2, 0.25) is 0 Å². The monoisotopic (exact) mass is 672 g/mol. The summed E-state index contributed by atoms with van der Waals surface area (Å²) in [7, 11) is 0. The third-order valence-corrected chi connectivity index (χ3v) is 7.63. The molecule has 0 radical (unpaired) electrons. The number of aromatic carboxylic acids is 1. The molecule has 1 fully saturated rings. The van der Waals surface area contributed by atoms with Crippen LogP contribution in [0.15, 0.2) is 66.9 Å². The lowest BCUT2D eigenvalue weighted by Gasteiger charge is -2.19. The number of carboxylic acid groups (broad SMARTS) is 1. The van der Waals surface area contributed by atoms with E-state index < -0.39 is 59.3 Å². The number of hydrogen-bond donors (Lipinski definition) is 1. The molecule has 1 aliphatic heterocycles. The summed E-state index contributed by atoms with van der Waals surface area (Å²) in [6.07, 6.45) is -14.0. The van der Waals surface area contributed by atoms with Gasteiger partial charge in [0.2, 0.25) is 0 Å². The molecule has 3 heterocycles. The van der Waals surface area contributed by atoms with Crippen molar-refractivity contribution < 1.29 is 54.2 Å². The summed E-state index contributed by atoms with van der Waals surface area (Å²) < 4.78 is 127. The van der Waals surface area contributed by atoms with Crippen molar-refractivity contribution in [2.24, 2.45) is 0 Å². The number of alkyl halides is 9. The first-order valence-corrected chi connectivity index (χ1v) is 14.1. The molecule has 47 heavy (non-hydrogen) atoms. The van der Waals surface area contributed by atoms with Gasteiger partial charge in [0.05, 0.1) is 23.9 Å². The fourth-order valence-corrected chi connectivity index (χ4v) is 5.39. The van der Waals surface area contributed by atoms with Gasteiger partial charge in [0.25, 0.3) is 0 Å². The van der Waals surface area contributed by atoms with Crippen molar-refractivity contribution in [2.45, 2.75) is 43.9 Å². The molecular weight excluding hydrogens is 647 g/mol. The molecule has 0 saturated carbocycles. The Morgan fingerprint density at radius 3 is 2.26 bits per heavy atom. The van der Waals surface area contributed by atoms with Crippen molar-refractivity contribution in [3.05, 3.63) is 94.8 Å². The Hall–Kier alpha value is -4.60. The molecule has 0 amide bonds. The Labute approximate surface area is 261 Å². The highest BCUT2D eigenvalue weighted by Crippen LogP contribution is 2.42. The highest BCUT2D eigenvalue weighted by atomic mass is 19.4. The minimum Gasteiger partial charge on any atom is -0.488 e. The predicted molar refractivity (Wildman–Crippen MR) is 149 cm³/mol. The number of hydrogen-bond acceptors (Lipinski definition) is 5. The number of aromatic nitrogens is 3. The normalized spacial score (nSPS) is 16.1. The zero-order chi connectivity index (χ0) is 34.1. The Balaban J connectivity index is 1.40. The third-order valence-electron chi connectivity index (χ3n) is 7.63. The van der Waals surface area contributed by atoms with Gasteiger partial charge in [0, 0.05) is 18.7 Å². The predicted octanol–water partition coefficient (Wildman–Crippen LogP) is 7.99. The number of carboxylic acids is 1. The van der Waals surface area contributed by atoms with E-state index in [9.17, 15) is 49.4 Å². The summed E-state index contributed by atoms with van der Waals surface area (Å²) >= 11 is 0. The third kappa shape index (κ3) is 7.86. The minimum atomic E-state index is -5.15. The van der Waals surface area contributed by atoms with Gasteiger partial charge in [-0.1, -0.05) is 36.4 Å². The first-order valence-electron chi connectivity index (χ1n) is 14.1. The second kappa shape index (κ2) is 12.9. The van der Waals surface area contributed by atoms with Crippen LogP contribution < -0.4 is 4.74 Å². The van der Waals surface area contributed by atoms with Gasteiger partial charge in [-0.2, -0.15) is 44.6 Å². The number of benzene rings is 2. The lowest BCUT2D eigenvalue weighted by atomic mass is 9.97. The molecule has 1 N–H and O–H groups in total. The van der Waals surface area contributed by atoms with Crippen LogP contribution in [0.1, 0.15) is 51.5 Å². The number of rotatable bonds is 9. The summed E-state index contributed by atoms with van der Waals surface area (Å²) in [4.78, 5) is 17.2. The van der Waals surface area contributed by atoms with E-state index >= 15 is 0 Å². The quantitative estimate of drug-likeness (QED) is 0.182. The molecule has 4 aromatic rings. The highest BCUT2D eigenvalue weighted by Gasteiger charge is 2.41. The van der Waals surface area contributed by atoms with Gasteiger partial charge in [-0.15, -0.1) is 0 Å². The number of pyridine rings is 1. The van der Waals surface area contributed by atoms with E-state index in [0.717, 1.165) is 23.8 Å². The molecule has 0 spiro atoms. The van der Waals surface area contributed by atoms with Crippen molar-refractivity contribution in [1.82, 2.24) is 19.7 Å². The summed E-state index contributed by atoms with van der Waals surface area (Å²) in [6, 6.07) is 13.5. The minimum absolute atomic E-state index is 0.00617. The van der Waals surface area contributed by atoms with Crippen molar-refractivity contribution in [3.63, 3.8) is 0 Å². The lowest BCUT2D eigenvalue weighted by molar-refractivity contribution is -0.143. The van der Waals surface area contributed by atoms with Gasteiger partial charge in [-0.3, -0.25) is 0 Å².